The summed E-state index contributed by atoms with van der Waals surface area (Å²) < 4.78 is 5.71. The van der Waals surface area contributed by atoms with E-state index in [-0.39, 0.29) is 6.04 Å². The molecule has 2 aromatic rings. The van der Waals surface area contributed by atoms with Crippen molar-refractivity contribution in [2.45, 2.75) is 26.3 Å². The molecule has 1 unspecified atom stereocenters. The van der Waals surface area contributed by atoms with Crippen LogP contribution in [0.25, 0.3) is 0 Å². The Balaban J connectivity index is 2.13. The molecule has 0 saturated carbocycles. The maximum absolute atomic E-state index is 5.71. The molecule has 1 N–H and O–H groups in total. The summed E-state index contributed by atoms with van der Waals surface area (Å²) in [5, 5.41) is 3.47. The van der Waals surface area contributed by atoms with Gasteiger partial charge in [0, 0.05) is 0 Å². The molecule has 1 aromatic carbocycles. The monoisotopic (exact) mass is 229 g/mol. The molecule has 1 heterocycles. The number of benzene rings is 1. The minimum atomic E-state index is 0.260. The van der Waals surface area contributed by atoms with E-state index in [1.807, 2.05) is 19.1 Å². The first-order chi connectivity index (χ1) is 8.29. The van der Waals surface area contributed by atoms with Crippen molar-refractivity contribution in [1.29, 1.82) is 0 Å². The lowest BCUT2D eigenvalue weighted by Crippen LogP contribution is -2.22. The maximum Gasteiger partial charge on any atom is 0.121 e. The first kappa shape index (κ1) is 11.9. The lowest BCUT2D eigenvalue weighted by Gasteiger charge is -2.15. The average Bonchev–Trinajstić information content (AvgIpc) is 2.77. The van der Waals surface area contributed by atoms with E-state index >= 15 is 0 Å². The van der Waals surface area contributed by atoms with Gasteiger partial charge in [0.05, 0.1) is 6.04 Å². The fourth-order valence-electron chi connectivity index (χ4n) is 2.01. The molecule has 2 rings (SSSR count). The number of rotatable bonds is 5. The van der Waals surface area contributed by atoms with E-state index in [2.05, 4.69) is 42.6 Å². The van der Waals surface area contributed by atoms with Crippen LogP contribution in [0, 0.1) is 6.92 Å². The van der Waals surface area contributed by atoms with Crippen molar-refractivity contribution in [3.8, 4) is 0 Å². The van der Waals surface area contributed by atoms with E-state index in [0.717, 1.165) is 24.5 Å². The predicted molar refractivity (Wildman–Crippen MR) is 70.0 cm³/mol. The second kappa shape index (κ2) is 5.69. The van der Waals surface area contributed by atoms with Crippen molar-refractivity contribution in [1.82, 2.24) is 5.32 Å². The molecule has 90 valence electrons. The van der Waals surface area contributed by atoms with Gasteiger partial charge in [0.15, 0.2) is 0 Å². The van der Waals surface area contributed by atoms with Crippen molar-refractivity contribution in [2.24, 2.45) is 0 Å². The summed E-state index contributed by atoms with van der Waals surface area (Å²) in [6.07, 6.45) is 0.960. The van der Waals surface area contributed by atoms with E-state index in [4.69, 9.17) is 4.42 Å². The maximum atomic E-state index is 5.71. The minimum absolute atomic E-state index is 0.260. The van der Waals surface area contributed by atoms with Crippen molar-refractivity contribution < 1.29 is 4.42 Å². The lowest BCUT2D eigenvalue weighted by atomic mass is 10.0. The largest absolute Gasteiger partial charge is 0.465 e. The van der Waals surface area contributed by atoms with Gasteiger partial charge in [-0.2, -0.15) is 0 Å². The van der Waals surface area contributed by atoms with Gasteiger partial charge in [-0.05, 0) is 37.6 Å². The second-order valence-corrected chi connectivity index (χ2v) is 4.25. The Morgan fingerprint density at radius 2 is 1.88 bits per heavy atom. The highest BCUT2D eigenvalue weighted by molar-refractivity contribution is 5.19. The number of hydrogen-bond acceptors (Lipinski definition) is 2. The number of hydrogen-bond donors (Lipinski definition) is 1. The molecular weight excluding hydrogens is 210 g/mol. The van der Waals surface area contributed by atoms with E-state index in [9.17, 15) is 0 Å². The zero-order valence-electron chi connectivity index (χ0n) is 10.4. The summed E-state index contributed by atoms with van der Waals surface area (Å²) in [4.78, 5) is 0. The number of likely N-dealkylation sites (N-methyl/N-ethyl adjacent to an activating group) is 1. The summed E-state index contributed by atoms with van der Waals surface area (Å²) in [7, 11) is 0. The van der Waals surface area contributed by atoms with Gasteiger partial charge in [0.1, 0.15) is 11.5 Å². The SMILES string of the molecule is CCNC(Cc1ccccc1)c1ccc(C)o1. The first-order valence-corrected chi connectivity index (χ1v) is 6.13. The zero-order chi connectivity index (χ0) is 12.1. The Kier molecular flexibility index (Phi) is 3.99. The highest BCUT2D eigenvalue weighted by Crippen LogP contribution is 2.20. The average molecular weight is 229 g/mol. The van der Waals surface area contributed by atoms with Crippen molar-refractivity contribution in [2.75, 3.05) is 6.54 Å². The molecule has 0 aliphatic carbocycles. The van der Waals surface area contributed by atoms with Crippen LogP contribution in [-0.2, 0) is 6.42 Å². The lowest BCUT2D eigenvalue weighted by molar-refractivity contribution is 0.403. The quantitative estimate of drug-likeness (QED) is 0.849. The van der Waals surface area contributed by atoms with Gasteiger partial charge in [-0.1, -0.05) is 37.3 Å². The molecule has 0 amide bonds. The Morgan fingerprint density at radius 1 is 1.12 bits per heavy atom. The summed E-state index contributed by atoms with van der Waals surface area (Å²) in [6.45, 7) is 5.04. The molecule has 1 aromatic heterocycles. The normalized spacial score (nSPS) is 12.6. The van der Waals surface area contributed by atoms with E-state index in [1.165, 1.54) is 5.56 Å². The summed E-state index contributed by atoms with van der Waals surface area (Å²) >= 11 is 0. The van der Waals surface area contributed by atoms with Crippen LogP contribution in [0.4, 0.5) is 0 Å². The smallest absolute Gasteiger partial charge is 0.121 e. The van der Waals surface area contributed by atoms with Crippen molar-refractivity contribution >= 4 is 0 Å². The Labute approximate surface area is 103 Å². The molecule has 0 spiro atoms. The molecule has 0 fully saturated rings. The highest BCUT2D eigenvalue weighted by Gasteiger charge is 2.14. The molecule has 0 aliphatic heterocycles. The number of aryl methyl sites for hydroxylation is 1. The molecule has 1 atom stereocenters. The van der Waals surface area contributed by atoms with Gasteiger partial charge in [0.25, 0.3) is 0 Å². The van der Waals surface area contributed by atoms with Gasteiger partial charge in [0.2, 0.25) is 0 Å². The Hall–Kier alpha value is -1.54. The first-order valence-electron chi connectivity index (χ1n) is 6.13. The molecule has 0 bridgehead atoms. The van der Waals surface area contributed by atoms with Gasteiger partial charge >= 0.3 is 0 Å². The molecule has 0 radical (unpaired) electrons. The predicted octanol–water partition coefficient (Wildman–Crippen LogP) is 3.48. The standard InChI is InChI=1S/C15H19NO/c1-3-16-14(15-10-9-12(2)17-15)11-13-7-5-4-6-8-13/h4-10,14,16H,3,11H2,1-2H3. The Bertz CT molecular complexity index is 447. The van der Waals surface area contributed by atoms with E-state index in [0.29, 0.717) is 0 Å². The molecule has 2 nitrogen and oxygen atoms in total. The fourth-order valence-corrected chi connectivity index (χ4v) is 2.01. The van der Waals surface area contributed by atoms with Crippen LogP contribution >= 0.6 is 0 Å². The van der Waals surface area contributed by atoms with Crippen LogP contribution in [-0.4, -0.2) is 6.54 Å². The van der Waals surface area contributed by atoms with Crippen LogP contribution in [0.5, 0.6) is 0 Å². The van der Waals surface area contributed by atoms with Gasteiger partial charge in [-0.25, -0.2) is 0 Å². The number of furan rings is 1. The van der Waals surface area contributed by atoms with Gasteiger partial charge in [-0.15, -0.1) is 0 Å². The minimum Gasteiger partial charge on any atom is -0.465 e. The van der Waals surface area contributed by atoms with Crippen LogP contribution in [0.15, 0.2) is 46.9 Å². The van der Waals surface area contributed by atoms with Crippen LogP contribution in [0.2, 0.25) is 0 Å². The van der Waals surface area contributed by atoms with Crippen LogP contribution in [0.1, 0.15) is 30.0 Å². The molecule has 2 heteroatoms. The third-order valence-corrected chi connectivity index (χ3v) is 2.84. The van der Waals surface area contributed by atoms with Gasteiger partial charge < -0.3 is 9.73 Å². The summed E-state index contributed by atoms with van der Waals surface area (Å²) in [5.74, 6) is 1.99. The zero-order valence-corrected chi connectivity index (χ0v) is 10.4. The third kappa shape index (κ3) is 3.21. The van der Waals surface area contributed by atoms with Gasteiger partial charge in [-0.3, -0.25) is 0 Å². The number of nitrogens with one attached hydrogen (secondary N) is 1. The highest BCUT2D eigenvalue weighted by atomic mass is 16.3. The summed E-state index contributed by atoms with van der Waals surface area (Å²) in [5.41, 5.74) is 1.33. The molecular formula is C15H19NO. The van der Waals surface area contributed by atoms with Crippen molar-refractivity contribution in [3.63, 3.8) is 0 Å². The van der Waals surface area contributed by atoms with Crippen LogP contribution < -0.4 is 5.32 Å². The molecule has 0 saturated heterocycles. The Morgan fingerprint density at radius 3 is 2.47 bits per heavy atom. The third-order valence-electron chi connectivity index (χ3n) is 2.84. The van der Waals surface area contributed by atoms with Crippen molar-refractivity contribution in [3.05, 3.63) is 59.5 Å². The van der Waals surface area contributed by atoms with E-state index < -0.39 is 0 Å². The molecule has 17 heavy (non-hydrogen) atoms. The van der Waals surface area contributed by atoms with Crippen LogP contribution in [0.3, 0.4) is 0 Å². The summed E-state index contributed by atoms with van der Waals surface area (Å²) in [6, 6.07) is 14.8. The fraction of sp³-hybridized carbons (Fsp3) is 0.333. The second-order valence-electron chi connectivity index (χ2n) is 4.25. The molecule has 0 aliphatic rings. The van der Waals surface area contributed by atoms with E-state index in [1.54, 1.807) is 0 Å². The topological polar surface area (TPSA) is 25.2 Å².